The maximum atomic E-state index is 13.3. The molecule has 1 saturated carbocycles. The number of fused-ring (bicyclic) bond motifs is 2. The zero-order valence-electron chi connectivity index (χ0n) is 22.8. The van der Waals surface area contributed by atoms with Crippen LogP contribution in [-0.4, -0.2) is 57.0 Å². The van der Waals surface area contributed by atoms with Gasteiger partial charge in [-0.05, 0) is 56.1 Å². The molecule has 4 rings (SSSR count). The monoisotopic (exact) mass is 534 g/mol. The van der Waals surface area contributed by atoms with Crippen LogP contribution in [0.15, 0.2) is 11.0 Å². The molecule has 3 aliphatic rings. The van der Waals surface area contributed by atoms with Crippen molar-refractivity contribution in [1.29, 1.82) is 0 Å². The van der Waals surface area contributed by atoms with E-state index < -0.39 is 35.6 Å². The van der Waals surface area contributed by atoms with E-state index >= 15 is 0 Å². The summed E-state index contributed by atoms with van der Waals surface area (Å²) in [5, 5.41) is 24.7. The Bertz CT molecular complexity index is 1050. The van der Waals surface area contributed by atoms with Gasteiger partial charge in [-0.25, -0.2) is 4.98 Å². The van der Waals surface area contributed by atoms with E-state index in [4.69, 9.17) is 15.2 Å². The van der Waals surface area contributed by atoms with Crippen molar-refractivity contribution in [2.45, 2.75) is 104 Å². The average molecular weight is 535 g/mol. The molecule has 206 valence electrons. The largest absolute Gasteiger partial charge is 0.458 e. The lowest BCUT2D eigenvalue weighted by atomic mass is 9.72. The molecular formula is C28H42N2O6S. The van der Waals surface area contributed by atoms with Crippen molar-refractivity contribution in [2.75, 3.05) is 0 Å². The number of ketones is 1. The first-order valence-corrected chi connectivity index (χ1v) is 14.2. The van der Waals surface area contributed by atoms with Crippen LogP contribution in [0.1, 0.15) is 77.9 Å². The summed E-state index contributed by atoms with van der Waals surface area (Å²) in [6, 6.07) is 0. The molecule has 9 heteroatoms. The molecule has 1 aromatic heterocycles. The third-order valence-corrected chi connectivity index (χ3v) is 9.87. The Morgan fingerprint density at radius 3 is 2.59 bits per heavy atom. The van der Waals surface area contributed by atoms with Gasteiger partial charge in [0, 0.05) is 24.3 Å². The van der Waals surface area contributed by atoms with E-state index in [1.54, 1.807) is 20.8 Å². The van der Waals surface area contributed by atoms with Gasteiger partial charge in [-0.1, -0.05) is 27.7 Å². The molecule has 1 aliphatic carbocycles. The van der Waals surface area contributed by atoms with Crippen LogP contribution >= 0.6 is 11.3 Å². The van der Waals surface area contributed by atoms with Gasteiger partial charge in [0.25, 0.3) is 0 Å². The number of aliphatic hydroxyl groups is 2. The molecule has 0 spiro atoms. The van der Waals surface area contributed by atoms with Gasteiger partial charge in [-0.15, -0.1) is 11.3 Å². The second kappa shape index (κ2) is 10.5. The number of Topliss-reactive ketones (excluding diaryl/α,β-unsaturated/α-hetero) is 1. The third kappa shape index (κ3) is 6.01. The summed E-state index contributed by atoms with van der Waals surface area (Å²) in [7, 11) is 0. The van der Waals surface area contributed by atoms with Gasteiger partial charge in [0.05, 0.1) is 41.4 Å². The fraction of sp³-hybridized carbons (Fsp3) is 0.750. The normalized spacial score (nSPS) is 40.9. The highest BCUT2D eigenvalue weighted by molar-refractivity contribution is 7.09. The fourth-order valence-electron chi connectivity index (χ4n) is 6.01. The van der Waals surface area contributed by atoms with E-state index in [-0.39, 0.29) is 29.8 Å². The summed E-state index contributed by atoms with van der Waals surface area (Å²) in [5.74, 6) is -0.753. The van der Waals surface area contributed by atoms with Crippen molar-refractivity contribution >= 4 is 29.2 Å². The Hall–Kier alpha value is -1.65. The van der Waals surface area contributed by atoms with Crippen molar-refractivity contribution in [3.05, 3.63) is 21.7 Å². The molecule has 3 heterocycles. The van der Waals surface area contributed by atoms with Crippen molar-refractivity contribution in [2.24, 2.45) is 34.8 Å². The van der Waals surface area contributed by atoms with E-state index in [0.717, 1.165) is 29.1 Å². The van der Waals surface area contributed by atoms with Crippen LogP contribution in [-0.2, 0) is 25.6 Å². The minimum atomic E-state index is -1.24. The van der Waals surface area contributed by atoms with Crippen molar-refractivity contribution in [3.63, 3.8) is 0 Å². The summed E-state index contributed by atoms with van der Waals surface area (Å²) < 4.78 is 12.1. The molecule has 0 aromatic carbocycles. The number of hydrogen-bond acceptors (Lipinski definition) is 9. The van der Waals surface area contributed by atoms with Gasteiger partial charge in [-0.3, -0.25) is 9.59 Å². The lowest BCUT2D eigenvalue weighted by Crippen LogP contribution is -2.46. The first-order chi connectivity index (χ1) is 17.3. The minimum absolute atomic E-state index is 0.0370. The highest BCUT2D eigenvalue weighted by atomic mass is 32.1. The standard InChI is InChI=1S/C28H42N2O6S/c1-14(7-18-13-37-23(12-29)30-18)20-9-22-28(6,36-22)11-17-8-19(17)15(2)25(33)16(3)26(34)27(4,5)21(31)10-24(32)35-20/h7,13,15-17,19-22,25,31,33H,8-12,29H2,1-6H3/b14-7+/t15-,16+,17?,19?,20+,21-,22?,25-,28?/m0/s1. The Labute approximate surface area is 223 Å². The molecule has 4 unspecified atom stereocenters. The molecule has 9 atom stereocenters. The van der Waals surface area contributed by atoms with Crippen LogP contribution in [0.25, 0.3) is 6.08 Å². The summed E-state index contributed by atoms with van der Waals surface area (Å²) in [6.45, 7) is 11.4. The van der Waals surface area contributed by atoms with Crippen LogP contribution in [0, 0.1) is 29.1 Å². The van der Waals surface area contributed by atoms with E-state index in [1.807, 2.05) is 25.3 Å². The molecule has 0 radical (unpaired) electrons. The lowest BCUT2D eigenvalue weighted by molar-refractivity contribution is -0.154. The van der Waals surface area contributed by atoms with Crippen molar-refractivity contribution in [1.82, 2.24) is 4.98 Å². The molecule has 0 amide bonds. The predicted molar refractivity (Wildman–Crippen MR) is 141 cm³/mol. The molecule has 2 saturated heterocycles. The molecule has 2 aliphatic heterocycles. The Morgan fingerprint density at radius 1 is 1.24 bits per heavy atom. The SMILES string of the molecule is C/C(=C\c1csc(CN)n1)[C@H]1CC2OC2(C)CC2CC2[C@H](C)[C@H](O)[C@@H](C)C(=O)C(C)(C)[C@@H](O)CC(=O)O1. The number of carbonyl (C=O) groups excluding carboxylic acids is 2. The van der Waals surface area contributed by atoms with Crippen LogP contribution in [0.3, 0.4) is 0 Å². The van der Waals surface area contributed by atoms with E-state index in [1.165, 1.54) is 11.3 Å². The maximum absolute atomic E-state index is 13.3. The summed E-state index contributed by atoms with van der Waals surface area (Å²) >= 11 is 1.48. The quantitative estimate of drug-likeness (QED) is 0.396. The highest BCUT2D eigenvalue weighted by Crippen LogP contribution is 2.56. The molecule has 0 bridgehead atoms. The number of hydrogen-bond donors (Lipinski definition) is 3. The maximum Gasteiger partial charge on any atom is 0.309 e. The minimum Gasteiger partial charge on any atom is -0.458 e. The smallest absolute Gasteiger partial charge is 0.309 e. The Kier molecular flexibility index (Phi) is 8.04. The highest BCUT2D eigenvalue weighted by Gasteiger charge is 2.58. The van der Waals surface area contributed by atoms with E-state index in [2.05, 4.69) is 11.9 Å². The van der Waals surface area contributed by atoms with Crippen molar-refractivity contribution < 1.29 is 29.3 Å². The van der Waals surface area contributed by atoms with Gasteiger partial charge < -0.3 is 25.4 Å². The predicted octanol–water partition coefficient (Wildman–Crippen LogP) is 3.48. The number of nitrogens with two attached hydrogens (primary N) is 1. The number of esters is 1. The number of ether oxygens (including phenoxy) is 2. The van der Waals surface area contributed by atoms with Crippen LogP contribution in [0.4, 0.5) is 0 Å². The van der Waals surface area contributed by atoms with Crippen LogP contribution in [0.5, 0.6) is 0 Å². The van der Waals surface area contributed by atoms with Crippen LogP contribution in [0.2, 0.25) is 0 Å². The number of rotatable bonds is 3. The molecule has 4 N–H and O–H groups in total. The van der Waals surface area contributed by atoms with Gasteiger partial charge in [-0.2, -0.15) is 0 Å². The topological polar surface area (TPSA) is 135 Å². The molecule has 37 heavy (non-hydrogen) atoms. The van der Waals surface area contributed by atoms with Gasteiger partial charge in [0.15, 0.2) is 0 Å². The number of nitrogens with zero attached hydrogens (tertiary/aromatic N) is 1. The molecule has 3 fully saturated rings. The number of aliphatic hydroxyl groups excluding tert-OH is 2. The number of thiazole rings is 1. The fourth-order valence-corrected chi connectivity index (χ4v) is 6.64. The number of carbonyl (C=O) groups is 2. The number of cyclic esters (lactones) is 1. The van der Waals surface area contributed by atoms with Gasteiger partial charge in [0.1, 0.15) is 16.9 Å². The first kappa shape index (κ1) is 28.4. The number of epoxide rings is 1. The average Bonchev–Trinajstić information content (AvgIpc) is 3.68. The Morgan fingerprint density at radius 2 is 1.95 bits per heavy atom. The lowest BCUT2D eigenvalue weighted by Gasteiger charge is -2.34. The van der Waals surface area contributed by atoms with Gasteiger partial charge >= 0.3 is 5.97 Å². The second-order valence-electron chi connectivity index (χ2n) is 12.2. The molecular weight excluding hydrogens is 492 g/mol. The first-order valence-electron chi connectivity index (χ1n) is 13.4. The Balaban J connectivity index is 1.59. The second-order valence-corrected chi connectivity index (χ2v) is 13.1. The zero-order chi connectivity index (χ0) is 27.3. The van der Waals surface area contributed by atoms with E-state index in [9.17, 15) is 19.8 Å². The summed E-state index contributed by atoms with van der Waals surface area (Å²) in [4.78, 5) is 30.9. The summed E-state index contributed by atoms with van der Waals surface area (Å²) in [6.07, 6.45) is 1.32. The van der Waals surface area contributed by atoms with Crippen molar-refractivity contribution in [3.8, 4) is 0 Å². The zero-order valence-corrected chi connectivity index (χ0v) is 23.6. The summed E-state index contributed by atoms with van der Waals surface area (Å²) in [5.41, 5.74) is 5.78. The van der Waals surface area contributed by atoms with Crippen LogP contribution < -0.4 is 5.73 Å². The third-order valence-electron chi connectivity index (χ3n) is 8.98. The molecule has 8 nitrogen and oxygen atoms in total. The van der Waals surface area contributed by atoms with Gasteiger partial charge in [0.2, 0.25) is 0 Å². The molecule has 1 aromatic rings. The van der Waals surface area contributed by atoms with E-state index in [0.29, 0.717) is 24.8 Å². The number of aromatic nitrogens is 1.